The first-order chi connectivity index (χ1) is 8.97. The quantitative estimate of drug-likeness (QED) is 0.629. The third-order valence-corrected chi connectivity index (χ3v) is 6.27. The lowest BCUT2D eigenvalue weighted by molar-refractivity contribution is 0.0411. The Morgan fingerprint density at radius 1 is 1.37 bits per heavy atom. The highest BCUT2D eigenvalue weighted by Crippen LogP contribution is 2.26. The number of rotatable bonds is 4. The molecule has 0 atom stereocenters. The van der Waals surface area contributed by atoms with Gasteiger partial charge in [-0.2, -0.15) is 0 Å². The smallest absolute Gasteiger partial charge is 0.339 e. The zero-order valence-electron chi connectivity index (χ0n) is 10.3. The largest absolute Gasteiger partial charge is 0.462 e. The zero-order chi connectivity index (χ0) is 13.9. The lowest BCUT2D eigenvalue weighted by atomic mass is 9.90. The molecule has 0 aromatic carbocycles. The Labute approximate surface area is 121 Å². The number of hydrogen-bond acceptors (Lipinski definition) is 5. The number of ether oxygens (including phenoxy) is 1. The van der Waals surface area contributed by atoms with Gasteiger partial charge in [0, 0.05) is 16.1 Å². The topological polar surface area (TPSA) is 60.4 Å². The fraction of sp³-hybridized carbons (Fsp3) is 0.583. The highest BCUT2D eigenvalue weighted by molar-refractivity contribution is 8.15. The highest BCUT2D eigenvalue weighted by atomic mass is 35.7. The van der Waals surface area contributed by atoms with Gasteiger partial charge in [-0.1, -0.05) is 19.3 Å². The Morgan fingerprint density at radius 2 is 2.05 bits per heavy atom. The molecule has 0 aliphatic heterocycles. The summed E-state index contributed by atoms with van der Waals surface area (Å²) in [7, 11) is 1.44. The van der Waals surface area contributed by atoms with Crippen molar-refractivity contribution in [2.24, 2.45) is 5.92 Å². The second-order valence-electron chi connectivity index (χ2n) is 4.69. The molecule has 1 fully saturated rings. The molecule has 4 nitrogen and oxygen atoms in total. The van der Waals surface area contributed by atoms with E-state index in [-0.39, 0.29) is 9.77 Å². The summed E-state index contributed by atoms with van der Waals surface area (Å²) < 4.78 is 27.4. The summed E-state index contributed by atoms with van der Waals surface area (Å²) in [6.45, 7) is 0.414. The van der Waals surface area contributed by atoms with E-state index in [1.807, 2.05) is 0 Å². The van der Waals surface area contributed by atoms with Gasteiger partial charge in [-0.25, -0.2) is 13.2 Å². The van der Waals surface area contributed by atoms with Gasteiger partial charge in [-0.3, -0.25) is 0 Å². The first kappa shape index (κ1) is 14.8. The van der Waals surface area contributed by atoms with E-state index in [1.165, 1.54) is 30.7 Å². The third-order valence-electron chi connectivity index (χ3n) is 3.23. The van der Waals surface area contributed by atoms with Gasteiger partial charge in [0.05, 0.1) is 12.2 Å². The summed E-state index contributed by atoms with van der Waals surface area (Å²) in [5.74, 6) is -0.0408. The Morgan fingerprint density at radius 3 is 2.63 bits per heavy atom. The molecule has 0 radical (unpaired) electrons. The van der Waals surface area contributed by atoms with E-state index >= 15 is 0 Å². The monoisotopic (exact) mass is 322 g/mol. The van der Waals surface area contributed by atoms with E-state index in [1.54, 1.807) is 0 Å². The maximum Gasteiger partial charge on any atom is 0.339 e. The predicted molar refractivity (Wildman–Crippen MR) is 74.2 cm³/mol. The highest BCUT2D eigenvalue weighted by Gasteiger charge is 2.19. The van der Waals surface area contributed by atoms with Crippen molar-refractivity contribution >= 4 is 37.0 Å². The first-order valence-electron chi connectivity index (χ1n) is 6.17. The summed E-state index contributed by atoms with van der Waals surface area (Å²) in [6, 6.07) is 1.26. The average molecular weight is 323 g/mol. The van der Waals surface area contributed by atoms with Crippen LogP contribution in [0.2, 0.25) is 0 Å². The molecule has 0 bridgehead atoms. The second kappa shape index (κ2) is 6.24. The fourth-order valence-electron chi connectivity index (χ4n) is 2.18. The third kappa shape index (κ3) is 4.19. The summed E-state index contributed by atoms with van der Waals surface area (Å²) in [4.78, 5) is 11.8. The van der Waals surface area contributed by atoms with Crippen LogP contribution >= 0.6 is 22.0 Å². The molecule has 19 heavy (non-hydrogen) atoms. The average Bonchev–Trinajstić information content (AvgIpc) is 2.87. The summed E-state index contributed by atoms with van der Waals surface area (Å²) in [5, 5.41) is 1.46. The molecule has 1 heterocycles. The van der Waals surface area contributed by atoms with E-state index < -0.39 is 15.0 Å². The summed E-state index contributed by atoms with van der Waals surface area (Å²) in [6.07, 6.45) is 5.83. The van der Waals surface area contributed by atoms with Crippen LogP contribution in [-0.2, 0) is 13.8 Å². The van der Waals surface area contributed by atoms with Crippen molar-refractivity contribution in [1.29, 1.82) is 0 Å². The minimum absolute atomic E-state index is 0.0289. The van der Waals surface area contributed by atoms with E-state index in [9.17, 15) is 13.2 Å². The fourth-order valence-corrected chi connectivity index (χ4v) is 4.12. The maximum absolute atomic E-state index is 11.8. The number of carbonyl (C=O) groups excluding carboxylic acids is 1. The number of esters is 1. The van der Waals surface area contributed by atoms with Crippen molar-refractivity contribution < 1.29 is 17.9 Å². The molecular formula is C12H15ClO4S2. The predicted octanol–water partition coefficient (Wildman–Crippen LogP) is 3.41. The molecule has 106 valence electrons. The van der Waals surface area contributed by atoms with E-state index in [0.29, 0.717) is 12.5 Å². The number of halogens is 1. The molecule has 1 aliphatic rings. The van der Waals surface area contributed by atoms with Crippen molar-refractivity contribution in [1.82, 2.24) is 0 Å². The lowest BCUT2D eigenvalue weighted by Crippen LogP contribution is -2.16. The van der Waals surface area contributed by atoms with Crippen molar-refractivity contribution in [2.45, 2.75) is 36.3 Å². The van der Waals surface area contributed by atoms with Crippen LogP contribution < -0.4 is 0 Å². The molecule has 0 N–H and O–H groups in total. The summed E-state index contributed by atoms with van der Waals surface area (Å²) in [5.41, 5.74) is 0.250. The van der Waals surface area contributed by atoms with Gasteiger partial charge in [0.2, 0.25) is 0 Å². The Bertz CT molecular complexity index is 544. The molecule has 1 aromatic heterocycles. The Balaban J connectivity index is 1.91. The standard InChI is InChI=1S/C12H15ClO4S2/c13-19(15,16)11-6-10(8-18-11)12(14)17-7-9-4-2-1-3-5-9/h6,8-9H,1-5,7H2. The molecule has 0 saturated heterocycles. The van der Waals surface area contributed by atoms with Crippen LogP contribution in [0.15, 0.2) is 15.7 Å². The van der Waals surface area contributed by atoms with Gasteiger partial charge in [-0.05, 0) is 24.8 Å². The molecule has 1 saturated carbocycles. The second-order valence-corrected chi connectivity index (χ2v) is 8.40. The van der Waals surface area contributed by atoms with Crippen molar-refractivity contribution in [3.8, 4) is 0 Å². The van der Waals surface area contributed by atoms with E-state index in [4.69, 9.17) is 15.4 Å². The Hall–Kier alpha value is -0.590. The SMILES string of the molecule is O=C(OCC1CCCCC1)c1csc(S(=O)(=O)Cl)c1. The normalized spacial score (nSPS) is 17.3. The molecular weight excluding hydrogens is 308 g/mol. The first-order valence-corrected chi connectivity index (χ1v) is 9.36. The van der Waals surface area contributed by atoms with E-state index in [2.05, 4.69) is 0 Å². The Kier molecular flexibility index (Phi) is 4.86. The van der Waals surface area contributed by atoms with Crippen LogP contribution in [0.4, 0.5) is 0 Å². The van der Waals surface area contributed by atoms with Crippen LogP contribution in [0.25, 0.3) is 0 Å². The van der Waals surface area contributed by atoms with Crippen LogP contribution in [-0.4, -0.2) is 21.0 Å². The van der Waals surface area contributed by atoms with Gasteiger partial charge in [0.15, 0.2) is 0 Å². The zero-order valence-corrected chi connectivity index (χ0v) is 12.7. The molecule has 0 unspecified atom stereocenters. The molecule has 7 heteroatoms. The number of carbonyl (C=O) groups is 1. The van der Waals surface area contributed by atoms with E-state index in [0.717, 1.165) is 24.2 Å². The van der Waals surface area contributed by atoms with Gasteiger partial charge >= 0.3 is 5.97 Å². The van der Waals surface area contributed by atoms with Crippen LogP contribution in [0.3, 0.4) is 0 Å². The molecule has 0 amide bonds. The van der Waals surface area contributed by atoms with Crippen molar-refractivity contribution in [3.63, 3.8) is 0 Å². The number of hydrogen-bond donors (Lipinski definition) is 0. The molecule has 1 aromatic rings. The minimum Gasteiger partial charge on any atom is -0.462 e. The summed E-state index contributed by atoms with van der Waals surface area (Å²) >= 11 is 0.926. The van der Waals surface area contributed by atoms with Crippen molar-refractivity contribution in [3.05, 3.63) is 17.0 Å². The van der Waals surface area contributed by atoms with Crippen LogP contribution in [0, 0.1) is 5.92 Å². The molecule has 2 rings (SSSR count). The minimum atomic E-state index is -3.77. The van der Waals surface area contributed by atoms with Gasteiger partial charge in [0.1, 0.15) is 4.21 Å². The van der Waals surface area contributed by atoms with Gasteiger partial charge in [0.25, 0.3) is 9.05 Å². The van der Waals surface area contributed by atoms with Gasteiger partial charge in [-0.15, -0.1) is 11.3 Å². The van der Waals surface area contributed by atoms with Crippen LogP contribution in [0.5, 0.6) is 0 Å². The number of thiophene rings is 1. The van der Waals surface area contributed by atoms with Crippen molar-refractivity contribution in [2.75, 3.05) is 6.61 Å². The lowest BCUT2D eigenvalue weighted by Gasteiger charge is -2.20. The molecule has 0 spiro atoms. The van der Waals surface area contributed by atoms with Gasteiger partial charge < -0.3 is 4.74 Å². The maximum atomic E-state index is 11.8. The van der Waals surface area contributed by atoms with Crippen LogP contribution in [0.1, 0.15) is 42.5 Å². The molecule has 1 aliphatic carbocycles.